The molecule has 8 rings (SSSR count). The summed E-state index contributed by atoms with van der Waals surface area (Å²) < 4.78 is 0. The van der Waals surface area contributed by atoms with Crippen LogP contribution in [0.25, 0.3) is 66.4 Å². The number of nitrogens with zero attached hydrogens (tertiary/aromatic N) is 2. The van der Waals surface area contributed by atoms with Crippen molar-refractivity contribution in [2.24, 2.45) is 0 Å². The van der Waals surface area contributed by atoms with E-state index in [0.29, 0.717) is 0 Å². The average Bonchev–Trinajstić information content (AvgIpc) is 3.26. The van der Waals surface area contributed by atoms with Crippen LogP contribution in [-0.4, -0.2) is 9.97 Å². The van der Waals surface area contributed by atoms with E-state index in [-0.39, 0.29) is 5.41 Å². The van der Waals surface area contributed by atoms with Crippen LogP contribution in [0, 0.1) is 0 Å². The largest absolute Gasteiger partial charge is 0.256 e. The fraction of sp³-hybridized carbons (Fsp3) is 0.0769. The maximum absolute atomic E-state index is 5.20. The SMILES string of the molecule is CC1(C)c2ccccc2-c2nc3ccccc3c(-c3ccc(-c4cccc(-c5cccc6cccnc56)c4)cc3)c21. The van der Waals surface area contributed by atoms with Crippen molar-refractivity contribution in [1.82, 2.24) is 9.97 Å². The molecule has 1 aliphatic carbocycles. The summed E-state index contributed by atoms with van der Waals surface area (Å²) in [5.41, 5.74) is 14.2. The number of benzene rings is 5. The molecular formula is C39H28N2. The van der Waals surface area contributed by atoms with Crippen LogP contribution in [0.1, 0.15) is 25.0 Å². The highest BCUT2D eigenvalue weighted by atomic mass is 14.7. The normalized spacial score (nSPS) is 13.3. The van der Waals surface area contributed by atoms with Crippen LogP contribution in [0.4, 0.5) is 0 Å². The Morgan fingerprint density at radius 2 is 1.27 bits per heavy atom. The fourth-order valence-corrected chi connectivity index (χ4v) is 6.72. The lowest BCUT2D eigenvalue weighted by atomic mass is 9.78. The van der Waals surface area contributed by atoms with E-state index in [4.69, 9.17) is 4.98 Å². The van der Waals surface area contributed by atoms with Crippen LogP contribution >= 0.6 is 0 Å². The molecule has 7 aromatic rings. The topological polar surface area (TPSA) is 25.8 Å². The second-order valence-electron chi connectivity index (χ2n) is 11.4. The van der Waals surface area contributed by atoms with Crippen molar-refractivity contribution in [2.75, 3.05) is 0 Å². The van der Waals surface area contributed by atoms with Gasteiger partial charge in [-0.15, -0.1) is 0 Å². The number of hydrogen-bond donors (Lipinski definition) is 0. The van der Waals surface area contributed by atoms with Gasteiger partial charge in [-0.2, -0.15) is 0 Å². The Labute approximate surface area is 240 Å². The molecule has 0 saturated heterocycles. The van der Waals surface area contributed by atoms with Crippen molar-refractivity contribution < 1.29 is 0 Å². The number of para-hydroxylation sites is 2. The summed E-state index contributed by atoms with van der Waals surface area (Å²) in [7, 11) is 0. The molecule has 41 heavy (non-hydrogen) atoms. The molecule has 0 aliphatic heterocycles. The van der Waals surface area contributed by atoms with Crippen LogP contribution in [0.5, 0.6) is 0 Å². The van der Waals surface area contributed by atoms with Gasteiger partial charge in [0.25, 0.3) is 0 Å². The Balaban J connectivity index is 1.26. The first-order valence-electron chi connectivity index (χ1n) is 14.2. The number of aromatic nitrogens is 2. The lowest BCUT2D eigenvalue weighted by Gasteiger charge is -2.25. The molecule has 2 nitrogen and oxygen atoms in total. The van der Waals surface area contributed by atoms with Crippen molar-refractivity contribution in [3.63, 3.8) is 0 Å². The van der Waals surface area contributed by atoms with E-state index in [1.54, 1.807) is 0 Å². The molecule has 0 radical (unpaired) electrons. The molecule has 2 heterocycles. The molecule has 0 unspecified atom stereocenters. The van der Waals surface area contributed by atoms with E-state index >= 15 is 0 Å². The molecule has 5 aromatic carbocycles. The summed E-state index contributed by atoms with van der Waals surface area (Å²) in [5.74, 6) is 0. The van der Waals surface area contributed by atoms with Crippen LogP contribution in [-0.2, 0) is 5.41 Å². The zero-order valence-electron chi connectivity index (χ0n) is 23.1. The molecule has 0 N–H and O–H groups in total. The number of pyridine rings is 2. The molecule has 0 atom stereocenters. The molecule has 194 valence electrons. The highest BCUT2D eigenvalue weighted by molar-refractivity contribution is 6.02. The third kappa shape index (κ3) is 3.64. The minimum atomic E-state index is -0.141. The average molecular weight is 525 g/mol. The predicted molar refractivity (Wildman–Crippen MR) is 171 cm³/mol. The standard InChI is InChI=1S/C39H28N2/c1-39(2)33-17-5-3-14-31(33)38-36(39)35(32-15-4-6-18-34(32)41-38)26-21-19-25(20-22-26)28-11-7-12-29(24-28)30-16-8-10-27-13-9-23-40-37(27)30/h3-24H,1-2H3. The third-order valence-electron chi connectivity index (χ3n) is 8.69. The molecule has 2 heteroatoms. The van der Waals surface area contributed by atoms with E-state index in [1.807, 2.05) is 12.3 Å². The monoisotopic (exact) mass is 524 g/mol. The van der Waals surface area contributed by atoms with Crippen LogP contribution in [0.3, 0.4) is 0 Å². The van der Waals surface area contributed by atoms with Gasteiger partial charge in [-0.3, -0.25) is 4.98 Å². The first kappa shape index (κ1) is 23.8. The Hall–Kier alpha value is -5.08. The van der Waals surface area contributed by atoms with Gasteiger partial charge in [0, 0.05) is 33.5 Å². The van der Waals surface area contributed by atoms with Crippen molar-refractivity contribution in [1.29, 1.82) is 0 Å². The van der Waals surface area contributed by atoms with Gasteiger partial charge in [-0.25, -0.2) is 4.98 Å². The van der Waals surface area contributed by atoms with E-state index in [2.05, 4.69) is 140 Å². The number of rotatable bonds is 3. The zero-order valence-corrected chi connectivity index (χ0v) is 23.1. The van der Waals surface area contributed by atoms with Gasteiger partial charge in [0.2, 0.25) is 0 Å². The summed E-state index contributed by atoms with van der Waals surface area (Å²) in [4.78, 5) is 9.88. The lowest BCUT2D eigenvalue weighted by Crippen LogP contribution is -2.16. The molecule has 1 aliphatic rings. The van der Waals surface area contributed by atoms with Gasteiger partial charge in [0.05, 0.1) is 16.7 Å². The van der Waals surface area contributed by atoms with Crippen LogP contribution in [0.2, 0.25) is 0 Å². The van der Waals surface area contributed by atoms with E-state index in [1.165, 1.54) is 49.9 Å². The summed E-state index contributed by atoms with van der Waals surface area (Å²) in [6.45, 7) is 4.67. The molecule has 0 bridgehead atoms. The Morgan fingerprint density at radius 1 is 0.561 bits per heavy atom. The first-order valence-corrected chi connectivity index (χ1v) is 14.2. The Morgan fingerprint density at radius 3 is 2.17 bits per heavy atom. The third-order valence-corrected chi connectivity index (χ3v) is 8.69. The van der Waals surface area contributed by atoms with E-state index in [0.717, 1.165) is 27.7 Å². The first-order chi connectivity index (χ1) is 20.1. The summed E-state index contributed by atoms with van der Waals surface area (Å²) in [5, 5.41) is 2.35. The minimum Gasteiger partial charge on any atom is -0.256 e. The highest BCUT2D eigenvalue weighted by Gasteiger charge is 2.39. The maximum atomic E-state index is 5.20. The summed E-state index contributed by atoms with van der Waals surface area (Å²) in [6.07, 6.45) is 1.87. The summed E-state index contributed by atoms with van der Waals surface area (Å²) >= 11 is 0. The Bertz CT molecular complexity index is 2110. The van der Waals surface area contributed by atoms with E-state index < -0.39 is 0 Å². The maximum Gasteiger partial charge on any atom is 0.0780 e. The second kappa shape index (κ2) is 8.97. The number of fused-ring (bicyclic) bond motifs is 5. The molecule has 0 fully saturated rings. The quantitative estimate of drug-likeness (QED) is 0.230. The number of hydrogen-bond acceptors (Lipinski definition) is 2. The Kier molecular flexibility index (Phi) is 5.20. The van der Waals surface area contributed by atoms with Crippen molar-refractivity contribution in [3.8, 4) is 44.6 Å². The van der Waals surface area contributed by atoms with Crippen molar-refractivity contribution in [3.05, 3.63) is 145 Å². The van der Waals surface area contributed by atoms with Gasteiger partial charge in [-0.1, -0.05) is 123 Å². The van der Waals surface area contributed by atoms with E-state index in [9.17, 15) is 0 Å². The molecule has 0 amide bonds. The van der Waals surface area contributed by atoms with Gasteiger partial charge in [0.15, 0.2) is 0 Å². The smallest absolute Gasteiger partial charge is 0.0780 e. The van der Waals surface area contributed by atoms with Gasteiger partial charge >= 0.3 is 0 Å². The fourth-order valence-electron chi connectivity index (χ4n) is 6.72. The van der Waals surface area contributed by atoms with Crippen molar-refractivity contribution in [2.45, 2.75) is 19.3 Å². The van der Waals surface area contributed by atoms with Crippen LogP contribution in [0.15, 0.2) is 134 Å². The van der Waals surface area contributed by atoms with Crippen molar-refractivity contribution >= 4 is 21.8 Å². The highest BCUT2D eigenvalue weighted by Crippen LogP contribution is 2.53. The molecule has 0 spiro atoms. The zero-order chi connectivity index (χ0) is 27.6. The predicted octanol–water partition coefficient (Wildman–Crippen LogP) is 10.1. The molecule has 0 saturated carbocycles. The lowest BCUT2D eigenvalue weighted by molar-refractivity contribution is 0.662. The van der Waals surface area contributed by atoms with Gasteiger partial charge in [-0.05, 0) is 57.1 Å². The van der Waals surface area contributed by atoms with Gasteiger partial charge < -0.3 is 0 Å². The molecule has 2 aromatic heterocycles. The van der Waals surface area contributed by atoms with Gasteiger partial charge in [0.1, 0.15) is 0 Å². The summed E-state index contributed by atoms with van der Waals surface area (Å²) in [6, 6.07) is 45.6. The minimum absolute atomic E-state index is 0.141. The molecular weight excluding hydrogens is 496 g/mol. The second-order valence-corrected chi connectivity index (χ2v) is 11.4. The van der Waals surface area contributed by atoms with Crippen LogP contribution < -0.4 is 0 Å².